The molecule has 0 bridgehead atoms. The van der Waals surface area contributed by atoms with Crippen molar-refractivity contribution in [1.82, 2.24) is 9.88 Å². The van der Waals surface area contributed by atoms with Gasteiger partial charge < -0.3 is 9.94 Å². The first-order valence-corrected chi connectivity index (χ1v) is 7.81. The molecule has 0 saturated heterocycles. The van der Waals surface area contributed by atoms with E-state index < -0.39 is 12.2 Å². The minimum absolute atomic E-state index is 0.0728. The number of hydrogen-bond donors (Lipinski definition) is 1. The summed E-state index contributed by atoms with van der Waals surface area (Å²) in [5.41, 5.74) is 2.94. The maximum atomic E-state index is 13.9. The number of rotatable bonds is 4. The van der Waals surface area contributed by atoms with Crippen LogP contribution in [0, 0.1) is 12.7 Å². The molecule has 1 N–H and O–H groups in total. The smallest absolute Gasteiger partial charge is 0.307 e. The van der Waals surface area contributed by atoms with Crippen LogP contribution in [0.5, 0.6) is 0 Å². The number of aliphatic hydroxyl groups is 1. The van der Waals surface area contributed by atoms with Crippen molar-refractivity contribution in [1.29, 1.82) is 0 Å². The highest BCUT2D eigenvalue weighted by Gasteiger charge is 2.30. The zero-order valence-corrected chi connectivity index (χ0v) is 13.2. The highest BCUT2D eigenvalue weighted by molar-refractivity contribution is 7.09. The zero-order chi connectivity index (χ0) is 15.7. The number of oxime groups is 1. The quantitative estimate of drug-likeness (QED) is 0.929. The first kappa shape index (κ1) is 15.2. The molecule has 5 nitrogen and oxygen atoms in total. The van der Waals surface area contributed by atoms with Crippen LogP contribution in [-0.2, 0) is 17.8 Å². The first-order chi connectivity index (χ1) is 10.6. The Morgan fingerprint density at radius 1 is 1.50 bits per heavy atom. The Morgan fingerprint density at radius 2 is 2.32 bits per heavy atom. The van der Waals surface area contributed by atoms with Crippen LogP contribution < -0.4 is 0 Å². The summed E-state index contributed by atoms with van der Waals surface area (Å²) in [6, 6.07) is 4.47. The minimum Gasteiger partial charge on any atom is -0.340 e. The maximum Gasteiger partial charge on any atom is 0.307 e. The summed E-state index contributed by atoms with van der Waals surface area (Å²) in [5.74, 6) is 0.0825. The lowest BCUT2D eigenvalue weighted by Crippen LogP contribution is -2.36. The van der Waals surface area contributed by atoms with E-state index in [1.807, 2.05) is 6.92 Å². The Balaban J connectivity index is 1.82. The normalized spacial score (nSPS) is 17.5. The first-order valence-electron chi connectivity index (χ1n) is 6.55. The summed E-state index contributed by atoms with van der Waals surface area (Å²) >= 11 is 7.53. The topological polar surface area (TPSA) is 58.0 Å². The van der Waals surface area contributed by atoms with Gasteiger partial charge in [0.05, 0.1) is 17.7 Å². The van der Waals surface area contributed by atoms with Crippen molar-refractivity contribution in [2.75, 3.05) is 0 Å². The predicted molar refractivity (Wildman–Crippen MR) is 82.0 cm³/mol. The van der Waals surface area contributed by atoms with Crippen LogP contribution >= 0.6 is 22.9 Å². The van der Waals surface area contributed by atoms with E-state index in [9.17, 15) is 9.50 Å². The number of nitrogens with zero attached hydrogens (tertiary/aromatic N) is 3. The van der Waals surface area contributed by atoms with Crippen LogP contribution in [0.15, 0.2) is 28.9 Å². The molecule has 1 atom stereocenters. The van der Waals surface area contributed by atoms with Gasteiger partial charge in [0.2, 0.25) is 0 Å². The summed E-state index contributed by atoms with van der Waals surface area (Å²) < 4.78 is 13.9. The van der Waals surface area contributed by atoms with E-state index >= 15 is 0 Å². The Labute approximate surface area is 135 Å². The number of aromatic nitrogens is 1. The average molecular weight is 342 g/mol. The van der Waals surface area contributed by atoms with Crippen molar-refractivity contribution in [3.63, 3.8) is 0 Å². The Kier molecular flexibility index (Phi) is 4.28. The molecule has 8 heteroatoms. The molecule has 0 aliphatic carbocycles. The Bertz CT molecular complexity index is 702. The van der Waals surface area contributed by atoms with Gasteiger partial charge in [-0.15, -0.1) is 11.3 Å². The lowest BCUT2D eigenvalue weighted by Gasteiger charge is -2.22. The molecule has 2 aromatic rings. The molecule has 1 aliphatic rings. The molecule has 1 aromatic carbocycles. The van der Waals surface area contributed by atoms with Crippen LogP contribution in [0.4, 0.5) is 4.39 Å². The Hall–Kier alpha value is -1.70. The minimum atomic E-state index is -1.25. The molecule has 1 aliphatic heterocycles. The number of halogens is 2. The van der Waals surface area contributed by atoms with E-state index in [4.69, 9.17) is 16.4 Å². The van der Waals surface area contributed by atoms with Crippen molar-refractivity contribution in [2.45, 2.75) is 26.3 Å². The summed E-state index contributed by atoms with van der Waals surface area (Å²) in [6.45, 7) is 1.97. The number of thiazole rings is 1. The summed E-state index contributed by atoms with van der Waals surface area (Å²) in [6.07, 6.45) is -0.793. The van der Waals surface area contributed by atoms with Crippen molar-refractivity contribution in [2.24, 2.45) is 5.16 Å². The molecule has 1 aromatic heterocycles. The highest BCUT2D eigenvalue weighted by atomic mass is 35.5. The predicted octanol–water partition coefficient (Wildman–Crippen LogP) is 2.91. The van der Waals surface area contributed by atoms with Gasteiger partial charge in [0.15, 0.2) is 5.84 Å². The van der Waals surface area contributed by atoms with Crippen LogP contribution in [-0.4, -0.2) is 27.2 Å². The Morgan fingerprint density at radius 3 is 3.00 bits per heavy atom. The van der Waals surface area contributed by atoms with E-state index in [-0.39, 0.29) is 6.54 Å². The third kappa shape index (κ3) is 2.92. The van der Waals surface area contributed by atoms with Crippen molar-refractivity contribution in [3.05, 3.63) is 50.7 Å². The molecule has 0 spiro atoms. The SMILES string of the molecule is Cc1ncsc1CC1=NOC(O)N1Cc1c(F)cccc1Cl. The maximum absolute atomic E-state index is 13.9. The van der Waals surface area contributed by atoms with E-state index in [0.717, 1.165) is 10.6 Å². The molecule has 1 unspecified atom stereocenters. The number of aryl methyl sites for hydroxylation is 1. The van der Waals surface area contributed by atoms with Gasteiger partial charge in [-0.3, -0.25) is 4.90 Å². The van der Waals surface area contributed by atoms with Crippen LogP contribution in [0.3, 0.4) is 0 Å². The largest absolute Gasteiger partial charge is 0.340 e. The fourth-order valence-electron chi connectivity index (χ4n) is 2.14. The third-order valence-corrected chi connectivity index (χ3v) is 4.69. The van der Waals surface area contributed by atoms with E-state index in [1.54, 1.807) is 11.6 Å². The summed E-state index contributed by atoms with van der Waals surface area (Å²) in [5, 5.41) is 14.1. The standard InChI is InChI=1S/C14H13ClFN3O2S/c1-8-12(22-7-17-8)5-13-18-21-14(20)19(13)6-9-10(15)3-2-4-11(9)16/h2-4,7,14,20H,5-6H2,1H3. The molecule has 3 rings (SSSR count). The molecular formula is C14H13ClFN3O2S. The second kappa shape index (κ2) is 6.20. The average Bonchev–Trinajstić information content (AvgIpc) is 3.03. The number of benzene rings is 1. The molecule has 22 heavy (non-hydrogen) atoms. The molecule has 2 heterocycles. The van der Waals surface area contributed by atoms with Crippen molar-refractivity contribution < 1.29 is 14.3 Å². The number of amidine groups is 1. The molecule has 116 valence electrons. The van der Waals surface area contributed by atoms with Gasteiger partial charge in [0, 0.05) is 21.9 Å². The second-order valence-corrected chi connectivity index (χ2v) is 6.15. The zero-order valence-electron chi connectivity index (χ0n) is 11.7. The van der Waals surface area contributed by atoms with Gasteiger partial charge in [-0.25, -0.2) is 9.37 Å². The summed E-state index contributed by atoms with van der Waals surface area (Å²) in [4.78, 5) is 11.6. The molecule has 0 radical (unpaired) electrons. The molecular weight excluding hydrogens is 329 g/mol. The van der Waals surface area contributed by atoms with Gasteiger partial charge in [-0.2, -0.15) is 0 Å². The lowest BCUT2D eigenvalue weighted by molar-refractivity contribution is -0.148. The van der Waals surface area contributed by atoms with Gasteiger partial charge in [0.25, 0.3) is 0 Å². The van der Waals surface area contributed by atoms with Gasteiger partial charge in [-0.1, -0.05) is 22.8 Å². The van der Waals surface area contributed by atoms with E-state index in [2.05, 4.69) is 10.1 Å². The molecule has 0 saturated carbocycles. The second-order valence-electron chi connectivity index (χ2n) is 4.81. The van der Waals surface area contributed by atoms with Crippen molar-refractivity contribution in [3.8, 4) is 0 Å². The van der Waals surface area contributed by atoms with Crippen LogP contribution in [0.1, 0.15) is 16.1 Å². The number of aliphatic hydroxyl groups excluding tert-OH is 1. The van der Waals surface area contributed by atoms with Gasteiger partial charge in [0.1, 0.15) is 5.82 Å². The van der Waals surface area contributed by atoms with E-state index in [1.165, 1.54) is 28.4 Å². The summed E-state index contributed by atoms with van der Waals surface area (Å²) in [7, 11) is 0. The fourth-order valence-corrected chi connectivity index (χ4v) is 3.14. The lowest BCUT2D eigenvalue weighted by atomic mass is 10.2. The molecule has 0 fully saturated rings. The number of hydrogen-bond acceptors (Lipinski definition) is 6. The van der Waals surface area contributed by atoms with Gasteiger partial charge in [-0.05, 0) is 19.1 Å². The fraction of sp³-hybridized carbons (Fsp3) is 0.286. The van der Waals surface area contributed by atoms with Crippen molar-refractivity contribution >= 4 is 28.8 Å². The monoisotopic (exact) mass is 341 g/mol. The molecule has 0 amide bonds. The van der Waals surface area contributed by atoms with Crippen LogP contribution in [0.25, 0.3) is 0 Å². The highest BCUT2D eigenvalue weighted by Crippen LogP contribution is 2.25. The van der Waals surface area contributed by atoms with E-state index in [0.29, 0.717) is 22.8 Å². The third-order valence-electron chi connectivity index (χ3n) is 3.40. The van der Waals surface area contributed by atoms with Gasteiger partial charge >= 0.3 is 6.41 Å². The van der Waals surface area contributed by atoms with Crippen LogP contribution in [0.2, 0.25) is 5.02 Å².